The molecule has 2 aromatic rings. The molecule has 2 rings (SSSR count). The van der Waals surface area contributed by atoms with Crippen molar-refractivity contribution < 1.29 is 14.6 Å². The minimum atomic E-state index is -1.20. The maximum atomic E-state index is 11.7. The normalized spacial score (nSPS) is 11.8. The van der Waals surface area contributed by atoms with E-state index in [4.69, 9.17) is 22.2 Å². The highest BCUT2D eigenvalue weighted by atomic mass is 35.5. The molecule has 6 nitrogen and oxygen atoms in total. The Morgan fingerprint density at radius 1 is 1.34 bits per heavy atom. The summed E-state index contributed by atoms with van der Waals surface area (Å²) in [6.45, 7) is 1.92. The Labute approximate surface area is 174 Å². The number of ether oxygens (including phenoxy) is 1. The van der Waals surface area contributed by atoms with Gasteiger partial charge in [-0.05, 0) is 37.3 Å². The molecule has 2 aromatic carbocycles. The third kappa shape index (κ3) is 6.97. The number of aliphatic carboxylic acids is 1. The number of carboxylic acid groups (broad SMARTS) is 1. The molecule has 0 heterocycles. The highest BCUT2D eigenvalue weighted by Crippen LogP contribution is 2.33. The number of rotatable bonds is 9. The smallest absolute Gasteiger partial charge is 0.349 e. The second-order valence-corrected chi connectivity index (χ2v) is 6.24. The summed E-state index contributed by atoms with van der Waals surface area (Å²) in [5.41, 5.74) is 3.82. The van der Waals surface area contributed by atoms with E-state index in [0.717, 1.165) is 5.12 Å². The number of hydrazine groups is 1. The predicted octanol–water partition coefficient (Wildman–Crippen LogP) is 4.89. The van der Waals surface area contributed by atoms with Gasteiger partial charge in [0.15, 0.2) is 0 Å². The van der Waals surface area contributed by atoms with Crippen LogP contribution in [0.5, 0.6) is 5.75 Å². The van der Waals surface area contributed by atoms with Crippen LogP contribution in [0.4, 0.5) is 5.69 Å². The number of carbonyl (C=O) groups is 1. The predicted molar refractivity (Wildman–Crippen MR) is 116 cm³/mol. The highest BCUT2D eigenvalue weighted by Gasteiger charge is 2.23. The van der Waals surface area contributed by atoms with Gasteiger partial charge in [-0.25, -0.2) is 10.6 Å². The molecule has 0 aliphatic heterocycles. The Morgan fingerprint density at radius 3 is 2.79 bits per heavy atom. The summed E-state index contributed by atoms with van der Waals surface area (Å²) in [5.74, 6) is 5.14. The number of nitrogens with zero attached hydrogens (tertiary/aromatic N) is 2. The van der Waals surface area contributed by atoms with E-state index < -0.39 is 12.1 Å². The van der Waals surface area contributed by atoms with E-state index in [1.165, 1.54) is 0 Å². The minimum absolute atomic E-state index is 0.244. The number of hydrogen-bond acceptors (Lipinski definition) is 5. The fourth-order valence-electron chi connectivity index (χ4n) is 2.32. The molecular formula is C22H22ClN3O3. The van der Waals surface area contributed by atoms with Crippen LogP contribution in [0.3, 0.4) is 0 Å². The summed E-state index contributed by atoms with van der Waals surface area (Å²) < 4.78 is 5.75. The van der Waals surface area contributed by atoms with Crippen LogP contribution in [-0.4, -0.2) is 17.3 Å². The number of allylic oxidation sites excluding steroid dienone is 3. The topological polar surface area (TPSA) is 88.1 Å². The van der Waals surface area contributed by atoms with Crippen molar-refractivity contribution >= 4 is 29.5 Å². The average Bonchev–Trinajstić information content (AvgIpc) is 2.72. The van der Waals surface area contributed by atoms with Crippen molar-refractivity contribution in [2.75, 3.05) is 5.12 Å². The van der Waals surface area contributed by atoms with Gasteiger partial charge in [0.2, 0.25) is 6.10 Å². The van der Waals surface area contributed by atoms with Gasteiger partial charge < -0.3 is 9.84 Å². The minimum Gasteiger partial charge on any atom is -0.478 e. The molecule has 0 fully saturated rings. The number of benzene rings is 2. The van der Waals surface area contributed by atoms with Crippen LogP contribution in [0.15, 0.2) is 83.7 Å². The summed E-state index contributed by atoms with van der Waals surface area (Å²) in [6, 6.07) is 13.4. The molecule has 0 saturated heterocycles. The maximum absolute atomic E-state index is 11.7. The molecule has 0 aromatic heterocycles. The second kappa shape index (κ2) is 11.5. The Kier molecular flexibility index (Phi) is 8.73. The molecule has 7 heteroatoms. The number of hydrazone groups is 1. The van der Waals surface area contributed by atoms with Gasteiger partial charge in [-0.3, -0.25) is 0 Å². The zero-order valence-corrected chi connectivity index (χ0v) is 16.7. The summed E-state index contributed by atoms with van der Waals surface area (Å²) in [5, 5.41) is 15.2. The highest BCUT2D eigenvalue weighted by molar-refractivity contribution is 6.30. The molecule has 150 valence electrons. The van der Waals surface area contributed by atoms with E-state index in [1.54, 1.807) is 66.9 Å². The SMILES string of the molecule is C/C=C\C=C=CC/C=N\N(N)c1cc(Cl)ccc1O[C@H](C(=O)O)c1ccccc1. The summed E-state index contributed by atoms with van der Waals surface area (Å²) in [7, 11) is 0. The van der Waals surface area contributed by atoms with Gasteiger partial charge in [0.1, 0.15) is 11.4 Å². The molecule has 0 aliphatic rings. The zero-order chi connectivity index (χ0) is 21.1. The molecule has 0 radical (unpaired) electrons. The molecule has 0 aliphatic carbocycles. The van der Waals surface area contributed by atoms with Crippen molar-refractivity contribution in [3.05, 3.63) is 89.2 Å². The Bertz CT molecular complexity index is 936. The molecule has 3 N–H and O–H groups in total. The standard InChI is InChI=1S/C22H22ClN3O3/c1-2-3-4-5-6-10-15-25-26(24)19-16-18(23)13-14-20(19)29-21(22(27)28)17-11-8-7-9-12-17/h2-4,6-9,11-16,21H,10,24H2,1H3,(H,27,28)/b3-2-,25-15-/t5?,21-/m0/s1. The van der Waals surface area contributed by atoms with E-state index in [2.05, 4.69) is 10.8 Å². The lowest BCUT2D eigenvalue weighted by Gasteiger charge is -2.21. The van der Waals surface area contributed by atoms with Gasteiger partial charge in [-0.15, -0.1) is 5.73 Å². The van der Waals surface area contributed by atoms with Crippen molar-refractivity contribution in [3.8, 4) is 5.75 Å². The molecule has 29 heavy (non-hydrogen) atoms. The lowest BCUT2D eigenvalue weighted by atomic mass is 10.1. The third-order valence-corrected chi connectivity index (χ3v) is 3.91. The van der Waals surface area contributed by atoms with Crippen LogP contribution in [0, 0.1) is 0 Å². The first-order valence-electron chi connectivity index (χ1n) is 8.86. The van der Waals surface area contributed by atoms with E-state index in [1.807, 2.05) is 19.1 Å². The summed E-state index contributed by atoms with van der Waals surface area (Å²) >= 11 is 6.08. The first-order valence-corrected chi connectivity index (χ1v) is 9.24. The lowest BCUT2D eigenvalue weighted by molar-refractivity contribution is -0.145. The van der Waals surface area contributed by atoms with Crippen LogP contribution in [0.2, 0.25) is 5.02 Å². The van der Waals surface area contributed by atoms with Crippen LogP contribution < -0.4 is 15.7 Å². The monoisotopic (exact) mass is 411 g/mol. The average molecular weight is 412 g/mol. The Morgan fingerprint density at radius 2 is 2.10 bits per heavy atom. The second-order valence-electron chi connectivity index (χ2n) is 5.80. The van der Waals surface area contributed by atoms with Gasteiger partial charge in [0.25, 0.3) is 0 Å². The van der Waals surface area contributed by atoms with Gasteiger partial charge in [-0.2, -0.15) is 10.2 Å². The van der Waals surface area contributed by atoms with Crippen molar-refractivity contribution in [2.45, 2.75) is 19.4 Å². The molecule has 0 bridgehead atoms. The molecule has 0 spiro atoms. The van der Waals surface area contributed by atoms with Crippen LogP contribution >= 0.6 is 11.6 Å². The molecule has 0 unspecified atom stereocenters. The Balaban J connectivity index is 2.21. The van der Waals surface area contributed by atoms with Crippen LogP contribution in [-0.2, 0) is 4.79 Å². The zero-order valence-electron chi connectivity index (χ0n) is 15.9. The van der Waals surface area contributed by atoms with E-state index in [-0.39, 0.29) is 5.75 Å². The lowest BCUT2D eigenvalue weighted by Crippen LogP contribution is -2.26. The Hall–Kier alpha value is -3.31. The quantitative estimate of drug-likeness (QED) is 0.202. The first-order chi connectivity index (χ1) is 14.0. The third-order valence-electron chi connectivity index (χ3n) is 3.67. The summed E-state index contributed by atoms with van der Waals surface area (Å²) in [4.78, 5) is 11.7. The number of nitrogens with two attached hydrogens (primary N) is 1. The van der Waals surface area contributed by atoms with Gasteiger partial charge >= 0.3 is 5.97 Å². The van der Waals surface area contributed by atoms with E-state index in [9.17, 15) is 9.90 Å². The van der Waals surface area contributed by atoms with Crippen LogP contribution in [0.25, 0.3) is 0 Å². The van der Waals surface area contributed by atoms with Gasteiger partial charge in [0.05, 0.1) is 0 Å². The number of carboxylic acids is 1. The van der Waals surface area contributed by atoms with E-state index in [0.29, 0.717) is 22.7 Å². The molecule has 0 amide bonds. The van der Waals surface area contributed by atoms with Crippen LogP contribution in [0.1, 0.15) is 25.0 Å². The first kappa shape index (κ1) is 22.0. The van der Waals surface area contributed by atoms with Crippen molar-refractivity contribution in [3.63, 3.8) is 0 Å². The number of halogens is 1. The fraction of sp³-hybridized carbons (Fsp3) is 0.136. The fourth-order valence-corrected chi connectivity index (χ4v) is 2.49. The largest absolute Gasteiger partial charge is 0.478 e. The number of hydrogen-bond donors (Lipinski definition) is 2. The molecule has 0 saturated carbocycles. The van der Waals surface area contributed by atoms with Crippen molar-refractivity contribution in [1.29, 1.82) is 0 Å². The van der Waals surface area contributed by atoms with Gasteiger partial charge in [-0.1, -0.05) is 54.1 Å². The molecule has 1 atom stereocenters. The maximum Gasteiger partial charge on any atom is 0.349 e. The number of anilines is 1. The molecular weight excluding hydrogens is 390 g/mol. The van der Waals surface area contributed by atoms with Gasteiger partial charge in [0, 0.05) is 23.2 Å². The summed E-state index contributed by atoms with van der Waals surface area (Å²) in [6.07, 6.45) is 8.25. The van der Waals surface area contributed by atoms with Crippen molar-refractivity contribution in [1.82, 2.24) is 0 Å². The van der Waals surface area contributed by atoms with Crippen molar-refractivity contribution in [2.24, 2.45) is 10.9 Å². The van der Waals surface area contributed by atoms with E-state index >= 15 is 0 Å².